The maximum atomic E-state index is 13.1. The highest BCUT2D eigenvalue weighted by Crippen LogP contribution is 2.25. The summed E-state index contributed by atoms with van der Waals surface area (Å²) in [7, 11) is 6.80. The third-order valence-corrected chi connectivity index (χ3v) is 11.1. The predicted octanol–water partition coefficient (Wildman–Crippen LogP) is 2.23. The summed E-state index contributed by atoms with van der Waals surface area (Å²) in [5.41, 5.74) is 4.04. The number of benzene rings is 2. The van der Waals surface area contributed by atoms with E-state index < -0.39 is 0 Å². The van der Waals surface area contributed by atoms with Gasteiger partial charge in [0.05, 0.1) is 25.3 Å². The summed E-state index contributed by atoms with van der Waals surface area (Å²) in [5, 5.41) is 26.1. The molecule has 0 amide bonds. The number of nitrogens with one attached hydrogen (secondary N) is 2. The van der Waals surface area contributed by atoms with Crippen molar-refractivity contribution in [1.29, 1.82) is 0 Å². The van der Waals surface area contributed by atoms with Crippen LogP contribution in [0.15, 0.2) is 67.7 Å². The van der Waals surface area contributed by atoms with Gasteiger partial charge in [-0.15, -0.1) is 0 Å². The van der Waals surface area contributed by atoms with Crippen LogP contribution in [0.4, 0.5) is 11.9 Å². The van der Waals surface area contributed by atoms with Crippen LogP contribution >= 0.6 is 0 Å². The molecule has 16 nitrogen and oxygen atoms in total. The van der Waals surface area contributed by atoms with E-state index in [0.29, 0.717) is 47.1 Å². The number of imidazole rings is 2. The number of aliphatic hydroxyl groups excluding tert-OH is 2. The number of hydrogen-bond acceptors (Lipinski definition) is 10. The van der Waals surface area contributed by atoms with Gasteiger partial charge in [0.15, 0.2) is 22.3 Å². The van der Waals surface area contributed by atoms with Gasteiger partial charge in [0, 0.05) is 40.3 Å². The molecule has 0 unspecified atom stereocenters. The number of rotatable bonds is 8. The van der Waals surface area contributed by atoms with Gasteiger partial charge in [-0.05, 0) is 63.5 Å². The van der Waals surface area contributed by atoms with Crippen LogP contribution in [-0.4, -0.2) is 71.9 Å². The van der Waals surface area contributed by atoms with Crippen molar-refractivity contribution >= 4 is 34.2 Å². The number of aliphatic hydroxyl groups is 2. The number of hydrogen-bond donors (Lipinski definition) is 4. The van der Waals surface area contributed by atoms with Gasteiger partial charge >= 0.3 is 11.4 Å². The summed E-state index contributed by atoms with van der Waals surface area (Å²) in [5.74, 6) is 1.07. The van der Waals surface area contributed by atoms with E-state index in [1.165, 1.54) is 18.3 Å². The van der Waals surface area contributed by atoms with E-state index in [1.54, 1.807) is 37.3 Å². The van der Waals surface area contributed by atoms with Crippen LogP contribution in [0.2, 0.25) is 0 Å². The highest BCUT2D eigenvalue weighted by molar-refractivity contribution is 5.75. The molecule has 4 heterocycles. The van der Waals surface area contributed by atoms with Crippen LogP contribution in [0.5, 0.6) is 0 Å². The van der Waals surface area contributed by atoms with Crippen LogP contribution in [0, 0.1) is 13.8 Å². The van der Waals surface area contributed by atoms with E-state index >= 15 is 0 Å². The summed E-state index contributed by atoms with van der Waals surface area (Å²) in [6, 6.07) is 15.8. The van der Waals surface area contributed by atoms with E-state index in [1.807, 2.05) is 62.4 Å². The number of fused-ring (bicyclic) bond motifs is 2. The Kier molecular flexibility index (Phi) is 10.6. The van der Waals surface area contributed by atoms with Crippen LogP contribution in [0.3, 0.4) is 0 Å². The van der Waals surface area contributed by atoms with Gasteiger partial charge in [0.1, 0.15) is 0 Å². The summed E-state index contributed by atoms with van der Waals surface area (Å²) < 4.78 is 8.73. The molecule has 2 saturated carbocycles. The van der Waals surface area contributed by atoms with Gasteiger partial charge in [-0.25, -0.2) is 9.59 Å². The molecule has 0 bridgehead atoms. The Hall–Kier alpha value is -5.74. The SMILES string of the molecule is Cc1ccc(Cn2c(=O)c3c(nc(N[C@@H]4CC[C@H](O)C4)n3C)n(C)c2=O)cc1.Cc1ccc(Cn2c(=O)c3c(nc(N[C@H]4CC[C@@H](O)C4)n3C)n(C)c2=O)cc1. The molecule has 2 aliphatic rings. The first-order valence-corrected chi connectivity index (χ1v) is 19.0. The van der Waals surface area contributed by atoms with Crippen molar-refractivity contribution in [1.82, 2.24) is 37.4 Å². The van der Waals surface area contributed by atoms with Crippen LogP contribution in [0.1, 0.15) is 60.8 Å². The summed E-state index contributed by atoms with van der Waals surface area (Å²) in [6.07, 6.45) is 3.90. The topological polar surface area (TPSA) is 188 Å². The van der Waals surface area contributed by atoms with Gasteiger partial charge in [0.25, 0.3) is 11.1 Å². The minimum atomic E-state index is -0.390. The average molecular weight is 767 g/mol. The second-order valence-electron chi connectivity index (χ2n) is 15.4. The minimum absolute atomic E-state index is 0.109. The highest BCUT2D eigenvalue weighted by atomic mass is 16.3. The molecule has 2 fully saturated rings. The molecular formula is C40H50N10O6. The number of aryl methyl sites for hydroxylation is 6. The second kappa shape index (κ2) is 15.4. The zero-order chi connectivity index (χ0) is 40.0. The molecule has 0 spiro atoms. The van der Waals surface area contributed by atoms with E-state index in [-0.39, 0.29) is 59.9 Å². The Morgan fingerprint density at radius 3 is 1.25 bits per heavy atom. The van der Waals surface area contributed by atoms with Crippen molar-refractivity contribution < 1.29 is 10.2 Å². The third kappa shape index (κ3) is 7.45. The van der Waals surface area contributed by atoms with E-state index in [2.05, 4.69) is 20.6 Å². The summed E-state index contributed by atoms with van der Waals surface area (Å²) in [4.78, 5) is 60.8. The monoisotopic (exact) mass is 766 g/mol. The van der Waals surface area contributed by atoms with Gasteiger partial charge in [-0.2, -0.15) is 9.97 Å². The van der Waals surface area contributed by atoms with E-state index in [0.717, 1.165) is 47.9 Å². The third-order valence-electron chi connectivity index (χ3n) is 11.1. The van der Waals surface area contributed by atoms with Gasteiger partial charge in [-0.3, -0.25) is 27.9 Å². The van der Waals surface area contributed by atoms with Crippen LogP contribution in [-0.2, 0) is 41.3 Å². The molecule has 0 saturated heterocycles. The molecule has 4 aromatic heterocycles. The maximum absolute atomic E-state index is 13.1. The molecular weight excluding hydrogens is 717 g/mol. The normalized spacial score (nSPS) is 19.4. The van der Waals surface area contributed by atoms with E-state index in [4.69, 9.17) is 0 Å². The molecule has 2 aromatic carbocycles. The zero-order valence-electron chi connectivity index (χ0n) is 32.7. The largest absolute Gasteiger partial charge is 0.393 e. The number of nitrogens with zero attached hydrogens (tertiary/aromatic N) is 8. The fraction of sp³-hybridized carbons (Fsp3) is 0.450. The Balaban J connectivity index is 0.000000172. The second-order valence-corrected chi connectivity index (χ2v) is 15.4. The van der Waals surface area contributed by atoms with Crippen molar-refractivity contribution in [3.63, 3.8) is 0 Å². The first-order chi connectivity index (χ1) is 26.7. The van der Waals surface area contributed by atoms with Gasteiger partial charge in [-0.1, -0.05) is 59.7 Å². The van der Waals surface area contributed by atoms with Crippen LogP contribution in [0.25, 0.3) is 22.3 Å². The molecule has 16 heteroatoms. The molecule has 2 aliphatic carbocycles. The summed E-state index contributed by atoms with van der Waals surface area (Å²) in [6.45, 7) is 4.41. The molecule has 8 rings (SSSR count). The smallest absolute Gasteiger partial charge is 0.332 e. The molecule has 0 aliphatic heterocycles. The number of aromatic nitrogens is 8. The zero-order valence-corrected chi connectivity index (χ0v) is 32.7. The fourth-order valence-electron chi connectivity index (χ4n) is 7.72. The molecule has 0 radical (unpaired) electrons. The van der Waals surface area contributed by atoms with Crippen molar-refractivity contribution in [3.8, 4) is 0 Å². The van der Waals surface area contributed by atoms with Crippen molar-refractivity contribution in [2.45, 2.75) is 89.8 Å². The Bertz CT molecular complexity index is 2460. The average Bonchev–Trinajstić information content (AvgIpc) is 3.95. The van der Waals surface area contributed by atoms with E-state index in [9.17, 15) is 29.4 Å². The lowest BCUT2D eigenvalue weighted by atomic mass is 10.1. The highest BCUT2D eigenvalue weighted by Gasteiger charge is 2.27. The maximum Gasteiger partial charge on any atom is 0.332 e. The molecule has 4 N–H and O–H groups in total. The van der Waals surface area contributed by atoms with Crippen LogP contribution < -0.4 is 33.1 Å². The quantitative estimate of drug-likeness (QED) is 0.179. The Labute approximate surface area is 322 Å². The molecule has 6 aromatic rings. The molecule has 4 atom stereocenters. The lowest BCUT2D eigenvalue weighted by Crippen LogP contribution is -2.39. The fourth-order valence-corrected chi connectivity index (χ4v) is 7.72. The van der Waals surface area contributed by atoms with Gasteiger partial charge in [0.2, 0.25) is 11.9 Å². The first-order valence-electron chi connectivity index (χ1n) is 19.0. The minimum Gasteiger partial charge on any atom is -0.393 e. The van der Waals surface area contributed by atoms with Crippen molar-refractivity contribution in [2.75, 3.05) is 10.6 Å². The Morgan fingerprint density at radius 1 is 0.571 bits per heavy atom. The lowest BCUT2D eigenvalue weighted by Gasteiger charge is -2.12. The number of anilines is 2. The molecule has 296 valence electrons. The Morgan fingerprint density at radius 2 is 0.929 bits per heavy atom. The van der Waals surface area contributed by atoms with Crippen molar-refractivity contribution in [3.05, 3.63) is 112 Å². The summed E-state index contributed by atoms with van der Waals surface area (Å²) >= 11 is 0. The van der Waals surface area contributed by atoms with Crippen molar-refractivity contribution in [2.24, 2.45) is 28.2 Å². The predicted molar refractivity (Wildman–Crippen MR) is 216 cm³/mol. The lowest BCUT2D eigenvalue weighted by molar-refractivity contribution is 0.181. The molecule has 56 heavy (non-hydrogen) atoms. The standard InChI is InChI=1S/2C20H25N5O3/c2*1-12-4-6-13(7-5-12)11-25-18(27)16-17(24(3)20(25)28)22-19(23(16)2)21-14-8-9-15(26)10-14/h2*4-7,14-15,26H,8-11H2,1-3H3,(H,21,22)/t2*14-,15+/m10/s1. The first kappa shape index (κ1) is 38.5. The van der Waals surface area contributed by atoms with Gasteiger partial charge < -0.3 is 30.0 Å².